The Morgan fingerprint density at radius 1 is 0.925 bits per heavy atom. The molecule has 6 aromatic rings. The minimum Gasteiger partial charge on any atom is -0.477 e. The predicted molar refractivity (Wildman–Crippen MR) is 155 cm³/mol. The summed E-state index contributed by atoms with van der Waals surface area (Å²) in [6.45, 7) is -2.42. The zero-order valence-corrected chi connectivity index (χ0v) is 24.1. The number of furan rings is 1. The first-order valence-corrected chi connectivity index (χ1v) is 13.2. The normalized spacial score (nSPS) is 16.0. The first kappa shape index (κ1) is 23.1. The van der Waals surface area contributed by atoms with Crippen LogP contribution in [0.4, 0.5) is 4.39 Å². The number of aromatic nitrogens is 2. The van der Waals surface area contributed by atoms with Crippen molar-refractivity contribution in [3.63, 3.8) is 0 Å². The Kier molecular flexibility index (Phi) is 7.31. The Balaban J connectivity index is 0.000000248. The summed E-state index contributed by atoms with van der Waals surface area (Å²) >= 11 is 0. The number of aryl methyl sites for hydroxylation is 1. The third-order valence-electron chi connectivity index (χ3n) is 7.03. The number of pyridine rings is 2. The molecule has 1 aliphatic carbocycles. The van der Waals surface area contributed by atoms with Crippen molar-refractivity contribution in [2.75, 3.05) is 0 Å². The van der Waals surface area contributed by atoms with Crippen molar-refractivity contribution >= 4 is 21.9 Å². The van der Waals surface area contributed by atoms with Crippen molar-refractivity contribution in [1.29, 1.82) is 0 Å². The van der Waals surface area contributed by atoms with Crippen molar-refractivity contribution in [3.8, 4) is 22.5 Å². The molecule has 40 heavy (non-hydrogen) atoms. The van der Waals surface area contributed by atoms with Crippen LogP contribution < -0.4 is 0 Å². The quantitative estimate of drug-likeness (QED) is 0.172. The molecule has 3 aromatic heterocycles. The molecule has 5 heteroatoms. The number of hydrogen-bond acceptors (Lipinski definition) is 3. The molecule has 0 N–H and O–H groups in total. The topological polar surface area (TPSA) is 38.9 Å². The van der Waals surface area contributed by atoms with Gasteiger partial charge in [-0.25, -0.2) is 4.39 Å². The van der Waals surface area contributed by atoms with Crippen molar-refractivity contribution < 1.29 is 34.4 Å². The van der Waals surface area contributed by atoms with E-state index in [4.69, 9.17) is 9.90 Å². The minimum absolute atomic E-state index is 0. The van der Waals surface area contributed by atoms with Gasteiger partial charge in [0.05, 0.1) is 11.8 Å². The molecule has 1 saturated carbocycles. The predicted octanol–water partition coefficient (Wildman–Crippen LogP) is 9.49. The van der Waals surface area contributed by atoms with Gasteiger partial charge >= 0.3 is 0 Å². The van der Waals surface area contributed by atoms with Gasteiger partial charge in [-0.2, -0.15) is 0 Å². The average molecular weight is 709 g/mol. The summed E-state index contributed by atoms with van der Waals surface area (Å²) in [6, 6.07) is 30.5. The SMILES string of the molecule is [2H]C([2H])([2H])c1cc2c([c-]c1-c1cc(C3([2H])CCCCC3)c(F)cn1)oc1ccccc12.[Ir].[c-]1ccccc1-c1ccccn1. The molecule has 0 amide bonds. The molecule has 0 atom stereocenters. The standard InChI is InChI=1S/C24H21FNO.C11H8N.Ir/c1-15-11-20-17-9-5-6-10-23(17)27-24(20)13-18(15)22-12-19(21(25)14-26-22)16-7-3-2-4-8-16;1-2-6-10(7-3-1)11-8-4-5-9-12-11;/h5-6,9-12,14,16H,2-4,7-8H2,1H3;1-6,8-9H;/q2*-1;/i1D3,16D;;. The van der Waals surface area contributed by atoms with E-state index in [1.807, 2.05) is 66.7 Å². The number of hydrogen-bond donors (Lipinski definition) is 0. The molecule has 7 rings (SSSR count). The van der Waals surface area contributed by atoms with Gasteiger partial charge in [0.1, 0.15) is 11.4 Å². The van der Waals surface area contributed by atoms with E-state index in [0.29, 0.717) is 35.1 Å². The van der Waals surface area contributed by atoms with Crippen LogP contribution in [0.3, 0.4) is 0 Å². The number of fused-ring (bicyclic) bond motifs is 3. The smallest absolute Gasteiger partial charge is 0.143 e. The summed E-state index contributed by atoms with van der Waals surface area (Å²) < 4.78 is 53.7. The average Bonchev–Trinajstić information content (AvgIpc) is 3.39. The number of nitrogens with zero attached hydrogens (tertiary/aromatic N) is 2. The largest absolute Gasteiger partial charge is 0.477 e. The Morgan fingerprint density at radius 2 is 1.75 bits per heavy atom. The maximum absolute atomic E-state index is 14.7. The Morgan fingerprint density at radius 3 is 2.52 bits per heavy atom. The minimum atomic E-state index is -2.42. The van der Waals surface area contributed by atoms with Gasteiger partial charge in [0, 0.05) is 31.8 Å². The van der Waals surface area contributed by atoms with Crippen LogP contribution in [0.25, 0.3) is 44.5 Å². The fourth-order valence-corrected chi connectivity index (χ4v) is 5.07. The Bertz CT molecular complexity index is 1830. The number of rotatable bonds is 3. The van der Waals surface area contributed by atoms with Gasteiger partial charge in [0.15, 0.2) is 0 Å². The van der Waals surface area contributed by atoms with Gasteiger partial charge in [-0.3, -0.25) is 0 Å². The van der Waals surface area contributed by atoms with E-state index in [-0.39, 0.29) is 36.8 Å². The van der Waals surface area contributed by atoms with Crippen molar-refractivity contribution in [2.24, 2.45) is 0 Å². The van der Waals surface area contributed by atoms with Crippen LogP contribution in [0.5, 0.6) is 0 Å². The summed E-state index contributed by atoms with van der Waals surface area (Å²) in [7, 11) is 0. The van der Waals surface area contributed by atoms with Crippen molar-refractivity contribution in [3.05, 3.63) is 120 Å². The van der Waals surface area contributed by atoms with E-state index < -0.39 is 18.6 Å². The molecule has 3 nitrogen and oxygen atoms in total. The van der Waals surface area contributed by atoms with E-state index in [1.165, 1.54) is 6.07 Å². The van der Waals surface area contributed by atoms with Gasteiger partial charge < -0.3 is 14.4 Å². The zero-order valence-electron chi connectivity index (χ0n) is 25.7. The van der Waals surface area contributed by atoms with Gasteiger partial charge in [0.2, 0.25) is 0 Å². The molecule has 0 aliphatic heterocycles. The molecule has 203 valence electrons. The molecule has 0 spiro atoms. The van der Waals surface area contributed by atoms with E-state index in [2.05, 4.69) is 22.1 Å². The van der Waals surface area contributed by atoms with Crippen LogP contribution in [0.2, 0.25) is 0 Å². The number of benzene rings is 3. The van der Waals surface area contributed by atoms with Gasteiger partial charge in [-0.1, -0.05) is 74.0 Å². The van der Waals surface area contributed by atoms with Crippen LogP contribution in [-0.4, -0.2) is 9.97 Å². The second kappa shape index (κ2) is 12.7. The van der Waals surface area contributed by atoms with Gasteiger partial charge in [-0.15, -0.1) is 53.1 Å². The second-order valence-electron chi connectivity index (χ2n) is 9.60. The van der Waals surface area contributed by atoms with E-state index >= 15 is 0 Å². The van der Waals surface area contributed by atoms with Crippen LogP contribution >= 0.6 is 0 Å². The first-order chi connectivity index (χ1) is 20.7. The maximum atomic E-state index is 14.7. The third-order valence-corrected chi connectivity index (χ3v) is 7.03. The summed E-state index contributed by atoms with van der Waals surface area (Å²) in [6.07, 6.45) is 6.82. The molecule has 3 aromatic carbocycles. The van der Waals surface area contributed by atoms with E-state index in [0.717, 1.165) is 42.1 Å². The molecule has 1 radical (unpaired) electrons. The summed E-state index contributed by atoms with van der Waals surface area (Å²) in [5.41, 5.74) is 3.98. The zero-order chi connectivity index (χ0) is 30.0. The molecular weight excluding hydrogens is 676 g/mol. The summed E-state index contributed by atoms with van der Waals surface area (Å²) in [5.74, 6) is -1.55. The fraction of sp³-hybridized carbons (Fsp3) is 0.200. The summed E-state index contributed by atoms with van der Waals surface area (Å²) in [5, 5.41) is 1.47. The molecule has 3 heterocycles. The van der Waals surface area contributed by atoms with Crippen LogP contribution in [0.15, 0.2) is 95.7 Å². The number of halogens is 1. The third kappa shape index (κ3) is 5.91. The molecule has 1 aliphatic rings. The van der Waals surface area contributed by atoms with E-state index in [9.17, 15) is 4.39 Å². The first-order valence-electron chi connectivity index (χ1n) is 15.2. The molecule has 0 unspecified atom stereocenters. The second-order valence-corrected chi connectivity index (χ2v) is 9.60. The Hall–Kier alpha value is -3.66. The van der Waals surface area contributed by atoms with Crippen LogP contribution in [0, 0.1) is 24.8 Å². The van der Waals surface area contributed by atoms with Gasteiger partial charge in [0.25, 0.3) is 0 Å². The summed E-state index contributed by atoms with van der Waals surface area (Å²) in [4.78, 5) is 8.41. The molecule has 1 fully saturated rings. The molecule has 0 bridgehead atoms. The monoisotopic (exact) mass is 709 g/mol. The number of para-hydroxylation sites is 1. The van der Waals surface area contributed by atoms with Crippen molar-refractivity contribution in [2.45, 2.75) is 44.8 Å². The maximum Gasteiger partial charge on any atom is 0.143 e. The van der Waals surface area contributed by atoms with Crippen LogP contribution in [0.1, 0.15) is 54.6 Å². The van der Waals surface area contributed by atoms with Gasteiger partial charge in [-0.05, 0) is 53.2 Å². The van der Waals surface area contributed by atoms with E-state index in [1.54, 1.807) is 12.3 Å². The molecule has 0 saturated heterocycles. The fourth-order valence-electron chi connectivity index (χ4n) is 5.07. The Labute approximate surface area is 253 Å². The molecular formula is C35H29FIrN2O-2. The van der Waals surface area contributed by atoms with Crippen LogP contribution in [-0.2, 0) is 20.1 Å². The van der Waals surface area contributed by atoms with Crippen molar-refractivity contribution in [1.82, 2.24) is 9.97 Å².